The van der Waals surface area contributed by atoms with Gasteiger partial charge in [-0.1, -0.05) is 52.7 Å². The van der Waals surface area contributed by atoms with Crippen molar-refractivity contribution in [3.63, 3.8) is 0 Å². The number of unbranched alkanes of at least 4 members (excludes halogenated alkanes) is 3. The molecule has 8 nitrogen and oxygen atoms in total. The van der Waals surface area contributed by atoms with Crippen LogP contribution in [0.25, 0.3) is 0 Å². The first-order valence-electron chi connectivity index (χ1n) is 15.4. The minimum Gasteiger partial charge on any atom is -0.396 e. The molecule has 0 aromatic heterocycles. The molecule has 3 aliphatic rings. The number of hydrogen-bond donors (Lipinski definition) is 1. The van der Waals surface area contributed by atoms with Crippen molar-refractivity contribution in [1.29, 1.82) is 0 Å². The number of hydrogen-bond acceptors (Lipinski definition) is 5. The maximum atomic E-state index is 14.9. The van der Waals surface area contributed by atoms with E-state index in [0.29, 0.717) is 38.9 Å². The van der Waals surface area contributed by atoms with Gasteiger partial charge in [-0.05, 0) is 57.8 Å². The fraction of sp³-hybridized carbons (Fsp3) is 0.788. The molecule has 3 saturated heterocycles. The summed E-state index contributed by atoms with van der Waals surface area (Å²) in [7, 11) is 1.73. The van der Waals surface area contributed by atoms with Crippen LogP contribution in [0, 0.1) is 23.2 Å². The summed E-state index contributed by atoms with van der Waals surface area (Å²) in [6.45, 7) is 23.7. The number of aliphatic hydroxyl groups is 1. The number of amides is 3. The Labute approximate surface area is 248 Å². The minimum absolute atomic E-state index is 0.00660. The summed E-state index contributed by atoms with van der Waals surface area (Å²) < 4.78 is 6.92. The van der Waals surface area contributed by atoms with Gasteiger partial charge in [-0.3, -0.25) is 14.4 Å². The van der Waals surface area contributed by atoms with Crippen LogP contribution in [0.5, 0.6) is 0 Å². The van der Waals surface area contributed by atoms with E-state index >= 15 is 0 Å². The summed E-state index contributed by atoms with van der Waals surface area (Å²) in [6, 6.07) is -0.816. The van der Waals surface area contributed by atoms with E-state index in [-0.39, 0.29) is 35.7 Å². The van der Waals surface area contributed by atoms with Gasteiger partial charge in [0.25, 0.3) is 0 Å². The topological polar surface area (TPSA) is 90.4 Å². The second-order valence-corrected chi connectivity index (χ2v) is 14.7. The number of ether oxygens (including phenoxy) is 1. The third kappa shape index (κ3) is 6.01. The second kappa shape index (κ2) is 12.2. The van der Waals surface area contributed by atoms with Crippen molar-refractivity contribution < 1.29 is 24.2 Å². The lowest BCUT2D eigenvalue weighted by atomic mass is 9.62. The van der Waals surface area contributed by atoms with E-state index in [2.05, 4.69) is 54.7 Å². The fourth-order valence-corrected chi connectivity index (χ4v) is 8.21. The highest BCUT2D eigenvalue weighted by atomic mass is 16.5. The van der Waals surface area contributed by atoms with E-state index in [1.807, 2.05) is 11.8 Å². The summed E-state index contributed by atoms with van der Waals surface area (Å²) in [5.41, 5.74) is -2.44. The Balaban J connectivity index is 2.11. The third-order valence-corrected chi connectivity index (χ3v) is 9.67. The quantitative estimate of drug-likeness (QED) is 0.245. The summed E-state index contributed by atoms with van der Waals surface area (Å²) in [5.74, 6) is -1.81. The molecule has 232 valence electrons. The van der Waals surface area contributed by atoms with Crippen LogP contribution < -0.4 is 0 Å². The van der Waals surface area contributed by atoms with Crippen molar-refractivity contribution >= 4 is 17.7 Å². The van der Waals surface area contributed by atoms with Gasteiger partial charge in [0.05, 0.1) is 17.4 Å². The molecule has 1 N–H and O–H groups in total. The Hall–Kier alpha value is -2.19. The van der Waals surface area contributed by atoms with Crippen LogP contribution >= 0.6 is 0 Å². The maximum Gasteiger partial charge on any atom is 0.249 e. The van der Waals surface area contributed by atoms with Gasteiger partial charge in [-0.15, -0.1) is 13.2 Å². The normalized spacial score (nSPS) is 30.9. The van der Waals surface area contributed by atoms with Crippen molar-refractivity contribution in [3.05, 3.63) is 25.3 Å². The predicted molar refractivity (Wildman–Crippen MR) is 162 cm³/mol. The number of carbonyl (C=O) groups excluding carboxylic acids is 3. The molecule has 0 aromatic carbocycles. The Morgan fingerprint density at radius 3 is 2.24 bits per heavy atom. The summed E-state index contributed by atoms with van der Waals surface area (Å²) in [4.78, 5) is 48.5. The molecule has 3 amide bonds. The molecule has 0 saturated carbocycles. The lowest BCUT2D eigenvalue weighted by Gasteiger charge is -2.45. The first-order chi connectivity index (χ1) is 19.0. The van der Waals surface area contributed by atoms with Gasteiger partial charge in [-0.2, -0.15) is 0 Å². The molecule has 6 atom stereocenters. The van der Waals surface area contributed by atoms with Crippen LogP contribution in [0.4, 0.5) is 0 Å². The molecule has 1 spiro atoms. The third-order valence-electron chi connectivity index (χ3n) is 9.67. The van der Waals surface area contributed by atoms with Crippen LogP contribution in [0.2, 0.25) is 0 Å². The van der Waals surface area contributed by atoms with Crippen LogP contribution in [0.15, 0.2) is 25.3 Å². The molecule has 3 heterocycles. The monoisotopic (exact) mass is 573 g/mol. The van der Waals surface area contributed by atoms with E-state index in [4.69, 9.17) is 4.74 Å². The fourth-order valence-electron chi connectivity index (χ4n) is 8.21. The Morgan fingerprint density at radius 2 is 1.68 bits per heavy atom. The van der Waals surface area contributed by atoms with Crippen LogP contribution in [0.3, 0.4) is 0 Å². The van der Waals surface area contributed by atoms with E-state index in [1.54, 1.807) is 29.0 Å². The summed E-state index contributed by atoms with van der Waals surface area (Å²) in [5, 5.41) is 9.21. The molecular formula is C33H55N3O5. The number of fused-ring (bicyclic) bond motifs is 1. The average Bonchev–Trinajstić information content (AvgIpc) is 3.36. The smallest absolute Gasteiger partial charge is 0.249 e. The zero-order valence-electron chi connectivity index (χ0n) is 26.9. The highest BCUT2D eigenvalue weighted by Gasteiger charge is 2.80. The van der Waals surface area contributed by atoms with E-state index in [0.717, 1.165) is 19.3 Å². The van der Waals surface area contributed by atoms with Gasteiger partial charge < -0.3 is 24.5 Å². The average molecular weight is 574 g/mol. The Morgan fingerprint density at radius 1 is 1.07 bits per heavy atom. The van der Waals surface area contributed by atoms with Gasteiger partial charge in [0, 0.05) is 38.8 Å². The first-order valence-corrected chi connectivity index (χ1v) is 15.4. The number of likely N-dealkylation sites (N-methyl/N-ethyl adjacent to an activating group) is 1. The van der Waals surface area contributed by atoms with Gasteiger partial charge in [-0.25, -0.2) is 0 Å². The van der Waals surface area contributed by atoms with Crippen LogP contribution in [-0.2, 0) is 19.1 Å². The van der Waals surface area contributed by atoms with E-state index in [9.17, 15) is 19.5 Å². The Kier molecular flexibility index (Phi) is 9.91. The SMILES string of the molecule is C=CCN(C)C(=O)[C@@H]1[C@H]2C(=O)N(CCCCCCO)C(C(=O)N(CC=C)C(C)(C)CC(C)(C)C)C23CC(C)[C@@]1(C)O3. The van der Waals surface area contributed by atoms with Crippen LogP contribution in [0.1, 0.15) is 87.0 Å². The standard InChI is InChI=1S/C33H55N3O5/c1-11-17-34(10)27(38)24-25-28(39)35(19-15-13-14-16-20-37)26(33(25)21-23(3)32(24,9)41-33)29(40)36(18-12-2)31(7,8)22-30(4,5)6/h11-12,23-26,37H,1-2,13-22H2,3-10H3/t23?,24-,25-,26?,32+,33?/m0/s1. The number of carbonyl (C=O) groups is 3. The molecule has 2 bridgehead atoms. The number of likely N-dealkylation sites (tertiary alicyclic amines) is 1. The number of nitrogens with zero attached hydrogens (tertiary/aromatic N) is 3. The van der Waals surface area contributed by atoms with Gasteiger partial charge in [0.15, 0.2) is 0 Å². The van der Waals surface area contributed by atoms with Crippen molar-refractivity contribution in [1.82, 2.24) is 14.7 Å². The molecule has 3 fully saturated rings. The lowest BCUT2D eigenvalue weighted by Crippen LogP contribution is -2.61. The zero-order valence-corrected chi connectivity index (χ0v) is 26.9. The first kappa shape index (κ1) is 33.3. The van der Waals surface area contributed by atoms with Crippen molar-refractivity contribution in [2.45, 2.75) is 110 Å². The molecule has 0 radical (unpaired) electrons. The molecule has 0 aliphatic carbocycles. The largest absolute Gasteiger partial charge is 0.396 e. The van der Waals surface area contributed by atoms with Crippen molar-refractivity contribution in [2.75, 3.05) is 33.3 Å². The molecule has 3 rings (SSSR count). The van der Waals surface area contributed by atoms with Crippen molar-refractivity contribution in [3.8, 4) is 0 Å². The van der Waals surface area contributed by atoms with Gasteiger partial charge >= 0.3 is 0 Å². The second-order valence-electron chi connectivity index (χ2n) is 14.7. The molecule has 8 heteroatoms. The van der Waals surface area contributed by atoms with Gasteiger partial charge in [0.1, 0.15) is 11.6 Å². The molecule has 3 unspecified atom stereocenters. The molecular weight excluding hydrogens is 518 g/mol. The Bertz CT molecular complexity index is 1020. The van der Waals surface area contributed by atoms with E-state index in [1.165, 1.54) is 0 Å². The lowest BCUT2D eigenvalue weighted by molar-refractivity contribution is -0.157. The zero-order chi connectivity index (χ0) is 31.0. The highest BCUT2D eigenvalue weighted by Crippen LogP contribution is 2.65. The highest BCUT2D eigenvalue weighted by molar-refractivity contribution is 5.99. The summed E-state index contributed by atoms with van der Waals surface area (Å²) >= 11 is 0. The predicted octanol–water partition coefficient (Wildman–Crippen LogP) is 4.42. The van der Waals surface area contributed by atoms with Crippen LogP contribution in [-0.4, -0.2) is 93.6 Å². The molecule has 3 aliphatic heterocycles. The molecule has 41 heavy (non-hydrogen) atoms. The van der Waals surface area contributed by atoms with E-state index < -0.39 is 34.6 Å². The summed E-state index contributed by atoms with van der Waals surface area (Å²) in [6.07, 6.45) is 7.86. The van der Waals surface area contributed by atoms with Crippen molar-refractivity contribution in [2.24, 2.45) is 23.2 Å². The number of rotatable bonds is 14. The molecule has 0 aromatic rings. The van der Waals surface area contributed by atoms with Gasteiger partial charge in [0.2, 0.25) is 17.7 Å². The maximum absolute atomic E-state index is 14.9. The minimum atomic E-state index is -1.07. The number of aliphatic hydroxyl groups excluding tert-OH is 1.